The van der Waals surface area contributed by atoms with Gasteiger partial charge in [0.15, 0.2) is 0 Å². The van der Waals surface area contributed by atoms with Crippen molar-refractivity contribution >= 4 is 17.3 Å². The summed E-state index contributed by atoms with van der Waals surface area (Å²) in [4.78, 5) is 4.09. The van der Waals surface area contributed by atoms with Crippen LogP contribution in [0, 0.1) is 11.3 Å². The second-order valence-electron chi connectivity index (χ2n) is 6.18. The Hall–Kier alpha value is -3.62. The van der Waals surface area contributed by atoms with E-state index < -0.39 is 0 Å². The molecule has 0 aliphatic rings. The topological polar surface area (TPSA) is 66.5 Å². The maximum Gasteiger partial charge on any atom is 0.101 e. The Kier molecular flexibility index (Phi) is 5.05. The zero-order valence-corrected chi connectivity index (χ0v) is 15.6. The van der Waals surface area contributed by atoms with Crippen LogP contribution >= 0.6 is 11.6 Å². The lowest BCUT2D eigenvalue weighted by Gasteiger charge is -2.07. The number of rotatable bonds is 5. The molecule has 1 N–H and O–H groups in total. The van der Waals surface area contributed by atoms with E-state index in [1.807, 2.05) is 59.4 Å². The minimum absolute atomic E-state index is 0.432. The van der Waals surface area contributed by atoms with Gasteiger partial charge < -0.3 is 5.32 Å². The summed E-state index contributed by atoms with van der Waals surface area (Å²) in [5.74, 6) is 0. The summed E-state index contributed by atoms with van der Waals surface area (Å²) in [7, 11) is 0. The number of anilines is 1. The van der Waals surface area contributed by atoms with E-state index in [1.165, 1.54) is 0 Å². The predicted molar refractivity (Wildman–Crippen MR) is 110 cm³/mol. The van der Waals surface area contributed by atoms with Crippen molar-refractivity contribution in [2.45, 2.75) is 6.54 Å². The highest BCUT2D eigenvalue weighted by atomic mass is 35.5. The van der Waals surface area contributed by atoms with E-state index in [9.17, 15) is 0 Å². The van der Waals surface area contributed by atoms with Gasteiger partial charge in [-0.05, 0) is 42.5 Å². The lowest BCUT2D eigenvalue weighted by Crippen LogP contribution is -2.00. The first kappa shape index (κ1) is 17.8. The largest absolute Gasteiger partial charge is 0.381 e. The van der Waals surface area contributed by atoms with E-state index in [4.69, 9.17) is 22.0 Å². The van der Waals surface area contributed by atoms with Crippen LogP contribution in [0.25, 0.3) is 16.9 Å². The zero-order chi connectivity index (χ0) is 19.3. The van der Waals surface area contributed by atoms with Gasteiger partial charge in [-0.15, -0.1) is 0 Å². The van der Waals surface area contributed by atoms with E-state index in [0.717, 1.165) is 28.2 Å². The second kappa shape index (κ2) is 7.95. The number of pyridine rings is 1. The molecule has 136 valence electrons. The summed E-state index contributed by atoms with van der Waals surface area (Å²) in [6, 6.07) is 21.3. The first-order chi connectivity index (χ1) is 13.7. The van der Waals surface area contributed by atoms with Crippen LogP contribution in [0.5, 0.6) is 0 Å². The van der Waals surface area contributed by atoms with Gasteiger partial charge in [-0.25, -0.2) is 4.68 Å². The van der Waals surface area contributed by atoms with Crippen LogP contribution in [0.2, 0.25) is 5.02 Å². The molecular weight excluding hydrogens is 370 g/mol. The number of halogens is 1. The average Bonchev–Trinajstić information content (AvgIpc) is 3.18. The standard InChI is InChI=1S/C22H16ClN5/c23-21-12-19(7-6-17(21)13-24)26-14-18-15-28(20-4-2-1-3-5-20)27-22(18)16-8-10-25-11-9-16/h1-12,15,26H,14H2. The molecule has 0 bridgehead atoms. The third kappa shape index (κ3) is 3.73. The van der Waals surface area contributed by atoms with Crippen molar-refractivity contribution in [2.24, 2.45) is 0 Å². The molecule has 2 aromatic heterocycles. The average molecular weight is 386 g/mol. The van der Waals surface area contributed by atoms with Crippen molar-refractivity contribution in [3.8, 4) is 23.0 Å². The van der Waals surface area contributed by atoms with Crippen LogP contribution in [0.15, 0.2) is 79.3 Å². The van der Waals surface area contributed by atoms with Gasteiger partial charge in [-0.2, -0.15) is 10.4 Å². The fourth-order valence-electron chi connectivity index (χ4n) is 2.92. The number of benzene rings is 2. The van der Waals surface area contributed by atoms with Crippen LogP contribution in [0.1, 0.15) is 11.1 Å². The number of para-hydroxylation sites is 1. The fourth-order valence-corrected chi connectivity index (χ4v) is 3.14. The Bertz CT molecular complexity index is 1130. The minimum atomic E-state index is 0.432. The monoisotopic (exact) mass is 385 g/mol. The number of nitrogens with one attached hydrogen (secondary N) is 1. The molecular formula is C22H16ClN5. The third-order valence-corrected chi connectivity index (χ3v) is 4.65. The molecule has 0 unspecified atom stereocenters. The van der Waals surface area contributed by atoms with E-state index in [1.54, 1.807) is 24.5 Å². The van der Waals surface area contributed by atoms with E-state index in [-0.39, 0.29) is 0 Å². The molecule has 4 rings (SSSR count). The molecule has 5 nitrogen and oxygen atoms in total. The van der Waals surface area contributed by atoms with Crippen molar-refractivity contribution < 1.29 is 0 Å². The Morgan fingerprint density at radius 1 is 1.04 bits per heavy atom. The molecule has 0 aliphatic heterocycles. The highest BCUT2D eigenvalue weighted by Crippen LogP contribution is 2.25. The van der Waals surface area contributed by atoms with Crippen LogP contribution < -0.4 is 5.32 Å². The summed E-state index contributed by atoms with van der Waals surface area (Å²) in [6.45, 7) is 0.562. The Morgan fingerprint density at radius 2 is 1.82 bits per heavy atom. The summed E-state index contributed by atoms with van der Waals surface area (Å²) in [6.07, 6.45) is 5.53. The molecule has 4 aromatic rings. The van der Waals surface area contributed by atoms with Gasteiger partial charge in [0, 0.05) is 41.9 Å². The molecule has 6 heteroatoms. The predicted octanol–water partition coefficient (Wildman–Crippen LogP) is 5.07. The Morgan fingerprint density at radius 3 is 2.54 bits per heavy atom. The third-order valence-electron chi connectivity index (χ3n) is 4.34. The number of hydrogen-bond donors (Lipinski definition) is 1. The van der Waals surface area contributed by atoms with Crippen LogP contribution in [-0.2, 0) is 6.54 Å². The number of hydrogen-bond acceptors (Lipinski definition) is 4. The summed E-state index contributed by atoms with van der Waals surface area (Å²) >= 11 is 6.14. The molecule has 0 amide bonds. The molecule has 28 heavy (non-hydrogen) atoms. The van der Waals surface area contributed by atoms with Crippen molar-refractivity contribution in [1.29, 1.82) is 5.26 Å². The molecule has 2 heterocycles. The molecule has 0 saturated carbocycles. The van der Waals surface area contributed by atoms with Gasteiger partial charge in [-0.3, -0.25) is 4.98 Å². The van der Waals surface area contributed by atoms with E-state index in [2.05, 4.69) is 16.4 Å². The van der Waals surface area contributed by atoms with Crippen molar-refractivity contribution in [2.75, 3.05) is 5.32 Å². The van der Waals surface area contributed by atoms with Gasteiger partial charge in [0.05, 0.1) is 22.0 Å². The summed E-state index contributed by atoms with van der Waals surface area (Å²) in [5.41, 5.74) is 5.22. The lowest BCUT2D eigenvalue weighted by molar-refractivity contribution is 0.883. The summed E-state index contributed by atoms with van der Waals surface area (Å²) < 4.78 is 1.87. The van der Waals surface area contributed by atoms with Crippen molar-refractivity contribution in [3.63, 3.8) is 0 Å². The maximum atomic E-state index is 9.02. The highest BCUT2D eigenvalue weighted by Gasteiger charge is 2.12. The molecule has 0 spiro atoms. The molecule has 0 atom stereocenters. The first-order valence-electron chi connectivity index (χ1n) is 8.72. The van der Waals surface area contributed by atoms with E-state index in [0.29, 0.717) is 17.1 Å². The summed E-state index contributed by atoms with van der Waals surface area (Å²) in [5, 5.41) is 17.6. The van der Waals surface area contributed by atoms with E-state index >= 15 is 0 Å². The van der Waals surface area contributed by atoms with Crippen LogP contribution in [-0.4, -0.2) is 14.8 Å². The molecule has 2 aromatic carbocycles. The van der Waals surface area contributed by atoms with Gasteiger partial charge >= 0.3 is 0 Å². The molecule has 0 fully saturated rings. The fraction of sp³-hybridized carbons (Fsp3) is 0.0455. The van der Waals surface area contributed by atoms with Crippen LogP contribution in [0.3, 0.4) is 0 Å². The molecule has 0 saturated heterocycles. The number of nitrogens with zero attached hydrogens (tertiary/aromatic N) is 4. The van der Waals surface area contributed by atoms with Crippen molar-refractivity contribution in [1.82, 2.24) is 14.8 Å². The number of nitriles is 1. The van der Waals surface area contributed by atoms with Gasteiger partial charge in [0.1, 0.15) is 6.07 Å². The van der Waals surface area contributed by atoms with Crippen LogP contribution in [0.4, 0.5) is 5.69 Å². The van der Waals surface area contributed by atoms with Gasteiger partial charge in [-0.1, -0.05) is 29.8 Å². The smallest absolute Gasteiger partial charge is 0.101 e. The highest BCUT2D eigenvalue weighted by molar-refractivity contribution is 6.32. The van der Waals surface area contributed by atoms with Gasteiger partial charge in [0.25, 0.3) is 0 Å². The molecule has 0 radical (unpaired) electrons. The minimum Gasteiger partial charge on any atom is -0.381 e. The van der Waals surface area contributed by atoms with Crippen molar-refractivity contribution in [3.05, 3.63) is 95.4 Å². The molecule has 0 aliphatic carbocycles. The maximum absolute atomic E-state index is 9.02. The second-order valence-corrected chi connectivity index (χ2v) is 6.59. The Labute approximate surface area is 167 Å². The Balaban J connectivity index is 1.66. The quantitative estimate of drug-likeness (QED) is 0.520. The van der Waals surface area contributed by atoms with Gasteiger partial charge in [0.2, 0.25) is 0 Å². The lowest BCUT2D eigenvalue weighted by atomic mass is 10.1. The zero-order valence-electron chi connectivity index (χ0n) is 14.9. The normalized spacial score (nSPS) is 10.4. The number of aromatic nitrogens is 3. The first-order valence-corrected chi connectivity index (χ1v) is 9.10. The SMILES string of the molecule is N#Cc1ccc(NCc2cn(-c3ccccc3)nc2-c2ccncc2)cc1Cl.